The van der Waals surface area contributed by atoms with Crippen molar-refractivity contribution in [1.29, 1.82) is 0 Å². The van der Waals surface area contributed by atoms with Crippen molar-refractivity contribution in [3.05, 3.63) is 82.9 Å². The predicted molar refractivity (Wildman–Crippen MR) is 113 cm³/mol. The SMILES string of the molecule is Cc1ccc(Nc2nc3c(NC(=O)c4c(F)ccc(C)c4F)cccc3s2)cc1. The standard InChI is InChI=1S/C22H17F2N3OS/c1-12-6-9-14(10-7-12)25-22-27-20-16(4-3-5-17(20)29-22)26-21(28)18-15(23)11-8-13(2)19(18)24/h3-11H,1-2H3,(H,25,27)(H,26,28). The molecule has 29 heavy (non-hydrogen) atoms. The van der Waals surface area contributed by atoms with Crippen molar-refractivity contribution in [3.8, 4) is 0 Å². The first-order valence-electron chi connectivity index (χ1n) is 8.91. The van der Waals surface area contributed by atoms with Crippen molar-refractivity contribution < 1.29 is 13.6 Å². The van der Waals surface area contributed by atoms with Crippen molar-refractivity contribution in [3.63, 3.8) is 0 Å². The van der Waals surface area contributed by atoms with Crippen LogP contribution in [0.4, 0.5) is 25.3 Å². The predicted octanol–water partition coefficient (Wildman–Crippen LogP) is 6.19. The normalized spacial score (nSPS) is 10.9. The van der Waals surface area contributed by atoms with E-state index < -0.39 is 23.1 Å². The van der Waals surface area contributed by atoms with Crippen molar-refractivity contribution >= 4 is 44.0 Å². The Morgan fingerprint density at radius 3 is 2.52 bits per heavy atom. The van der Waals surface area contributed by atoms with E-state index >= 15 is 0 Å². The number of amides is 1. The molecular weight excluding hydrogens is 392 g/mol. The Morgan fingerprint density at radius 1 is 1.00 bits per heavy atom. The fourth-order valence-corrected chi connectivity index (χ4v) is 3.83. The monoisotopic (exact) mass is 409 g/mol. The van der Waals surface area contributed by atoms with Crippen molar-refractivity contribution in [2.24, 2.45) is 0 Å². The first-order chi connectivity index (χ1) is 13.9. The summed E-state index contributed by atoms with van der Waals surface area (Å²) in [4.78, 5) is 17.1. The Kier molecular flexibility index (Phi) is 4.98. The fourth-order valence-electron chi connectivity index (χ4n) is 2.91. The zero-order valence-corrected chi connectivity index (χ0v) is 16.5. The molecule has 0 spiro atoms. The summed E-state index contributed by atoms with van der Waals surface area (Å²) in [6, 6.07) is 15.6. The second kappa shape index (κ2) is 7.60. The quantitative estimate of drug-likeness (QED) is 0.423. The summed E-state index contributed by atoms with van der Waals surface area (Å²) in [6.07, 6.45) is 0. The maximum atomic E-state index is 14.3. The first-order valence-corrected chi connectivity index (χ1v) is 9.73. The van der Waals surface area contributed by atoms with Gasteiger partial charge in [-0.2, -0.15) is 0 Å². The Hall–Kier alpha value is -3.32. The van der Waals surface area contributed by atoms with Crippen LogP contribution in [-0.4, -0.2) is 10.9 Å². The summed E-state index contributed by atoms with van der Waals surface area (Å²) in [5.74, 6) is -2.62. The zero-order valence-electron chi connectivity index (χ0n) is 15.7. The average molecular weight is 409 g/mol. The number of fused-ring (bicyclic) bond motifs is 1. The number of halogens is 2. The lowest BCUT2D eigenvalue weighted by Crippen LogP contribution is -2.16. The van der Waals surface area contributed by atoms with E-state index in [0.29, 0.717) is 16.3 Å². The molecule has 1 aromatic heterocycles. The molecule has 0 aliphatic heterocycles. The van der Waals surface area contributed by atoms with Crippen molar-refractivity contribution in [2.75, 3.05) is 10.6 Å². The van der Waals surface area contributed by atoms with E-state index in [2.05, 4.69) is 15.6 Å². The highest BCUT2D eigenvalue weighted by atomic mass is 32.1. The van der Waals surface area contributed by atoms with Crippen LogP contribution < -0.4 is 10.6 Å². The number of hydrogen-bond donors (Lipinski definition) is 2. The number of para-hydroxylation sites is 1. The van der Waals surface area contributed by atoms with Crippen molar-refractivity contribution in [2.45, 2.75) is 13.8 Å². The molecule has 0 aliphatic rings. The van der Waals surface area contributed by atoms with Gasteiger partial charge in [0.2, 0.25) is 0 Å². The second-order valence-corrected chi connectivity index (χ2v) is 7.70. The lowest BCUT2D eigenvalue weighted by Gasteiger charge is -2.09. The minimum absolute atomic E-state index is 0.202. The van der Waals surface area contributed by atoms with Gasteiger partial charge in [0.1, 0.15) is 22.7 Å². The van der Waals surface area contributed by atoms with Gasteiger partial charge in [-0.25, -0.2) is 13.8 Å². The number of aryl methyl sites for hydroxylation is 2. The fraction of sp³-hybridized carbons (Fsp3) is 0.0909. The average Bonchev–Trinajstić information content (AvgIpc) is 3.10. The Bertz CT molecular complexity index is 1220. The van der Waals surface area contributed by atoms with E-state index in [-0.39, 0.29) is 5.56 Å². The van der Waals surface area contributed by atoms with Crippen LogP contribution in [0.3, 0.4) is 0 Å². The van der Waals surface area contributed by atoms with Crippen molar-refractivity contribution in [1.82, 2.24) is 4.98 Å². The van der Waals surface area contributed by atoms with E-state index in [9.17, 15) is 13.6 Å². The molecular formula is C22H17F2N3OS. The number of aromatic nitrogens is 1. The van der Waals surface area contributed by atoms with Crippen LogP contribution in [0, 0.1) is 25.5 Å². The summed E-state index contributed by atoms with van der Waals surface area (Å²) >= 11 is 1.42. The number of carbonyl (C=O) groups is 1. The smallest absolute Gasteiger partial charge is 0.261 e. The van der Waals surface area contributed by atoms with Crippen LogP contribution in [-0.2, 0) is 0 Å². The van der Waals surface area contributed by atoms with E-state index in [1.54, 1.807) is 12.1 Å². The molecule has 2 N–H and O–H groups in total. The van der Waals surface area contributed by atoms with Gasteiger partial charge in [0.05, 0.1) is 10.4 Å². The molecule has 0 fully saturated rings. The number of carbonyl (C=O) groups excluding carboxylic acids is 1. The molecule has 3 aromatic carbocycles. The first kappa shape index (κ1) is 19.0. The van der Waals surface area contributed by atoms with Gasteiger partial charge < -0.3 is 10.6 Å². The van der Waals surface area contributed by atoms with Gasteiger partial charge in [-0.3, -0.25) is 4.79 Å². The summed E-state index contributed by atoms with van der Waals surface area (Å²) in [7, 11) is 0. The molecule has 4 nitrogen and oxygen atoms in total. The van der Waals surface area contributed by atoms with E-state index in [1.165, 1.54) is 24.3 Å². The number of rotatable bonds is 4. The highest BCUT2D eigenvalue weighted by Crippen LogP contribution is 2.33. The number of benzene rings is 3. The molecule has 0 bridgehead atoms. The number of nitrogens with zero attached hydrogens (tertiary/aromatic N) is 1. The summed E-state index contributed by atoms with van der Waals surface area (Å²) in [6.45, 7) is 3.49. The third-order valence-corrected chi connectivity index (χ3v) is 5.42. The Balaban J connectivity index is 1.65. The molecule has 0 saturated carbocycles. The van der Waals surface area contributed by atoms with Gasteiger partial charge in [0.25, 0.3) is 5.91 Å². The number of hydrogen-bond acceptors (Lipinski definition) is 4. The number of nitrogens with one attached hydrogen (secondary N) is 2. The molecule has 7 heteroatoms. The molecule has 1 amide bonds. The molecule has 4 aromatic rings. The Labute approximate surface area is 170 Å². The van der Waals surface area contributed by atoms with Crippen LogP contribution in [0.5, 0.6) is 0 Å². The van der Waals surface area contributed by atoms with E-state index in [1.807, 2.05) is 37.3 Å². The van der Waals surface area contributed by atoms with Gasteiger partial charge in [-0.15, -0.1) is 0 Å². The topological polar surface area (TPSA) is 54.0 Å². The molecule has 4 rings (SSSR count). The molecule has 0 radical (unpaired) electrons. The maximum absolute atomic E-state index is 14.3. The molecule has 0 saturated heterocycles. The van der Waals surface area contributed by atoms with Gasteiger partial charge in [0.15, 0.2) is 5.13 Å². The molecule has 0 atom stereocenters. The summed E-state index contributed by atoms with van der Waals surface area (Å²) < 4.78 is 29.2. The van der Waals surface area contributed by atoms with E-state index in [4.69, 9.17) is 0 Å². The minimum atomic E-state index is -0.905. The Morgan fingerprint density at radius 2 is 1.76 bits per heavy atom. The van der Waals surface area contributed by atoms with Crippen LogP contribution >= 0.6 is 11.3 Å². The lowest BCUT2D eigenvalue weighted by molar-refractivity contribution is 0.101. The minimum Gasteiger partial charge on any atom is -0.332 e. The zero-order chi connectivity index (χ0) is 20.5. The largest absolute Gasteiger partial charge is 0.332 e. The third-order valence-electron chi connectivity index (χ3n) is 4.48. The number of anilines is 3. The van der Waals surface area contributed by atoms with E-state index in [0.717, 1.165) is 22.0 Å². The molecule has 0 unspecified atom stereocenters. The molecule has 146 valence electrons. The van der Waals surface area contributed by atoms with Gasteiger partial charge in [-0.05, 0) is 49.7 Å². The second-order valence-electron chi connectivity index (χ2n) is 6.67. The number of thiazole rings is 1. The van der Waals surface area contributed by atoms with Crippen LogP contribution in [0.15, 0.2) is 54.6 Å². The van der Waals surface area contributed by atoms with Crippen LogP contribution in [0.25, 0.3) is 10.2 Å². The third kappa shape index (κ3) is 3.82. The maximum Gasteiger partial charge on any atom is 0.261 e. The van der Waals surface area contributed by atoms with Gasteiger partial charge in [0, 0.05) is 5.69 Å². The lowest BCUT2D eigenvalue weighted by atomic mass is 10.1. The molecule has 0 aliphatic carbocycles. The van der Waals surface area contributed by atoms with Gasteiger partial charge >= 0.3 is 0 Å². The van der Waals surface area contributed by atoms with Crippen LogP contribution in [0.2, 0.25) is 0 Å². The van der Waals surface area contributed by atoms with Crippen LogP contribution in [0.1, 0.15) is 21.5 Å². The highest BCUT2D eigenvalue weighted by Gasteiger charge is 2.20. The summed E-state index contributed by atoms with van der Waals surface area (Å²) in [5, 5.41) is 6.48. The highest BCUT2D eigenvalue weighted by molar-refractivity contribution is 7.22. The summed E-state index contributed by atoms with van der Waals surface area (Å²) in [5.41, 5.74) is 2.59. The van der Waals surface area contributed by atoms with Gasteiger partial charge in [-0.1, -0.05) is 41.2 Å². The molecule has 1 heterocycles.